The lowest BCUT2D eigenvalue weighted by Crippen LogP contribution is -2.34. The molecule has 0 aliphatic heterocycles. The monoisotopic (exact) mass is 359 g/mol. The van der Waals surface area contributed by atoms with Crippen molar-refractivity contribution in [2.45, 2.75) is 12.0 Å². The second-order valence-electron chi connectivity index (χ2n) is 6.19. The topological polar surface area (TPSA) is 88.1 Å². The summed E-state index contributed by atoms with van der Waals surface area (Å²) in [5.41, 5.74) is 1.18. The van der Waals surface area contributed by atoms with Crippen molar-refractivity contribution in [3.8, 4) is 5.75 Å². The highest BCUT2D eigenvalue weighted by molar-refractivity contribution is 5.87. The average molecular weight is 359 g/mol. The molecular formula is C21H17N3O3. The smallest absolute Gasteiger partial charge is 0.358 e. The first-order valence-electron chi connectivity index (χ1n) is 8.51. The minimum Gasteiger partial charge on any atom is -0.476 e. The van der Waals surface area contributed by atoms with Crippen LogP contribution in [0.1, 0.15) is 28.2 Å². The van der Waals surface area contributed by atoms with Crippen LogP contribution in [0.4, 0.5) is 0 Å². The first-order chi connectivity index (χ1) is 13.2. The van der Waals surface area contributed by atoms with E-state index in [4.69, 9.17) is 4.74 Å². The van der Waals surface area contributed by atoms with Crippen molar-refractivity contribution < 1.29 is 14.6 Å². The molecule has 0 radical (unpaired) electrons. The summed E-state index contributed by atoms with van der Waals surface area (Å²) in [6.07, 6.45) is 6.24. The van der Waals surface area contributed by atoms with E-state index in [0.29, 0.717) is 12.2 Å². The number of H-pyrrole nitrogens is 1. The molecule has 1 atom stereocenters. The van der Waals surface area contributed by atoms with E-state index in [1.165, 1.54) is 0 Å². The molecule has 1 aliphatic carbocycles. The fourth-order valence-corrected chi connectivity index (χ4v) is 3.14. The van der Waals surface area contributed by atoms with Gasteiger partial charge in [-0.2, -0.15) is 10.3 Å². The van der Waals surface area contributed by atoms with Crippen molar-refractivity contribution in [2.75, 3.05) is 0 Å². The SMILES string of the molecule is O=C(O)c1n[nH]nc1C1(Oc2ccccc2)C=CC(c2ccccc2)=CC1. The van der Waals surface area contributed by atoms with Crippen molar-refractivity contribution in [1.29, 1.82) is 0 Å². The molecular weight excluding hydrogens is 342 g/mol. The quantitative estimate of drug-likeness (QED) is 0.723. The van der Waals surface area contributed by atoms with E-state index in [2.05, 4.69) is 15.4 Å². The number of hydrogen-bond acceptors (Lipinski definition) is 4. The third-order valence-corrected chi connectivity index (χ3v) is 4.46. The Labute approximate surface area is 155 Å². The number of carbonyl (C=O) groups is 1. The first kappa shape index (κ1) is 16.8. The second-order valence-corrected chi connectivity index (χ2v) is 6.19. The van der Waals surface area contributed by atoms with Crippen LogP contribution in [0.3, 0.4) is 0 Å². The second kappa shape index (κ2) is 6.92. The van der Waals surface area contributed by atoms with Gasteiger partial charge in [-0.3, -0.25) is 0 Å². The standard InChI is InChI=1S/C21H17N3O3/c25-20(26)18-19(23-24-22-18)21(27-17-9-5-2-6-10-17)13-11-16(12-14-21)15-7-3-1-4-8-15/h1-13H,14H2,(H,25,26)(H,22,23,24). The first-order valence-corrected chi connectivity index (χ1v) is 8.51. The number of aromatic nitrogens is 3. The predicted octanol–water partition coefficient (Wildman–Crippen LogP) is 3.82. The van der Waals surface area contributed by atoms with Gasteiger partial charge in [-0.15, -0.1) is 5.10 Å². The molecule has 0 spiro atoms. The van der Waals surface area contributed by atoms with Gasteiger partial charge in [0, 0.05) is 6.42 Å². The van der Waals surface area contributed by atoms with Crippen molar-refractivity contribution in [1.82, 2.24) is 15.4 Å². The van der Waals surface area contributed by atoms with Gasteiger partial charge in [-0.25, -0.2) is 4.79 Å². The number of allylic oxidation sites excluding steroid dienone is 2. The van der Waals surface area contributed by atoms with Gasteiger partial charge in [-0.05, 0) is 29.3 Å². The molecule has 3 aromatic rings. The maximum Gasteiger partial charge on any atom is 0.358 e. The van der Waals surface area contributed by atoms with Crippen LogP contribution < -0.4 is 4.74 Å². The number of rotatable bonds is 5. The molecule has 1 heterocycles. The van der Waals surface area contributed by atoms with Gasteiger partial charge in [0.15, 0.2) is 11.3 Å². The highest BCUT2D eigenvalue weighted by Gasteiger charge is 2.40. The van der Waals surface area contributed by atoms with Crippen LogP contribution in [-0.4, -0.2) is 26.5 Å². The van der Waals surface area contributed by atoms with Crippen molar-refractivity contribution in [3.63, 3.8) is 0 Å². The molecule has 0 bridgehead atoms. The van der Waals surface area contributed by atoms with Gasteiger partial charge in [0.25, 0.3) is 0 Å². The molecule has 0 fully saturated rings. The van der Waals surface area contributed by atoms with Crippen molar-refractivity contribution >= 4 is 11.5 Å². The fraction of sp³-hybridized carbons (Fsp3) is 0.0952. The third-order valence-electron chi connectivity index (χ3n) is 4.46. The Bertz CT molecular complexity index is 1010. The lowest BCUT2D eigenvalue weighted by atomic mass is 9.86. The molecule has 1 aliphatic rings. The summed E-state index contributed by atoms with van der Waals surface area (Å²) >= 11 is 0. The average Bonchev–Trinajstić information content (AvgIpc) is 3.21. The summed E-state index contributed by atoms with van der Waals surface area (Å²) in [5.74, 6) is -0.529. The van der Waals surface area contributed by atoms with Gasteiger partial charge < -0.3 is 9.84 Å². The summed E-state index contributed by atoms with van der Waals surface area (Å²) in [7, 11) is 0. The van der Waals surface area contributed by atoms with Crippen molar-refractivity contribution in [2.24, 2.45) is 0 Å². The molecule has 2 N–H and O–H groups in total. The third kappa shape index (κ3) is 3.25. The molecule has 2 aromatic carbocycles. The van der Waals surface area contributed by atoms with Crippen LogP contribution in [0.25, 0.3) is 5.57 Å². The molecule has 1 unspecified atom stereocenters. The van der Waals surface area contributed by atoms with Crippen LogP contribution in [0.5, 0.6) is 5.75 Å². The maximum absolute atomic E-state index is 11.6. The number of para-hydroxylation sites is 1. The Morgan fingerprint density at radius 2 is 1.74 bits per heavy atom. The zero-order valence-corrected chi connectivity index (χ0v) is 14.4. The van der Waals surface area contributed by atoms with Crippen molar-refractivity contribution in [3.05, 3.63) is 95.8 Å². The Morgan fingerprint density at radius 1 is 1.04 bits per heavy atom. The molecule has 4 rings (SSSR count). The normalized spacial score (nSPS) is 18.7. The zero-order valence-electron chi connectivity index (χ0n) is 14.4. The molecule has 0 amide bonds. The Morgan fingerprint density at radius 3 is 2.37 bits per heavy atom. The molecule has 6 nitrogen and oxygen atoms in total. The lowest BCUT2D eigenvalue weighted by Gasteiger charge is -2.32. The summed E-state index contributed by atoms with van der Waals surface area (Å²) < 4.78 is 6.25. The lowest BCUT2D eigenvalue weighted by molar-refractivity contribution is 0.0671. The number of aromatic amines is 1. The molecule has 27 heavy (non-hydrogen) atoms. The van der Waals surface area contributed by atoms with E-state index in [0.717, 1.165) is 11.1 Å². The van der Waals surface area contributed by atoms with Gasteiger partial charge in [-0.1, -0.05) is 60.7 Å². The minimum atomic E-state index is -1.15. The van der Waals surface area contributed by atoms with E-state index in [9.17, 15) is 9.90 Å². The predicted molar refractivity (Wildman–Crippen MR) is 100 cm³/mol. The largest absolute Gasteiger partial charge is 0.476 e. The number of nitrogens with one attached hydrogen (secondary N) is 1. The minimum absolute atomic E-state index is 0.146. The molecule has 6 heteroatoms. The van der Waals surface area contributed by atoms with Gasteiger partial charge in [0.2, 0.25) is 0 Å². The Hall–Kier alpha value is -3.67. The van der Waals surface area contributed by atoms with E-state index < -0.39 is 11.6 Å². The van der Waals surface area contributed by atoms with Crippen LogP contribution in [0, 0.1) is 0 Å². The van der Waals surface area contributed by atoms with Gasteiger partial charge >= 0.3 is 5.97 Å². The van der Waals surface area contributed by atoms with Crippen LogP contribution in [0.2, 0.25) is 0 Å². The summed E-state index contributed by atoms with van der Waals surface area (Å²) in [5, 5.41) is 19.8. The van der Waals surface area contributed by atoms with E-state index in [-0.39, 0.29) is 11.4 Å². The number of aromatic carboxylic acids is 1. The van der Waals surface area contributed by atoms with Crippen LogP contribution in [0.15, 0.2) is 78.9 Å². The van der Waals surface area contributed by atoms with Gasteiger partial charge in [0.1, 0.15) is 11.4 Å². The highest BCUT2D eigenvalue weighted by atomic mass is 16.5. The zero-order chi connectivity index (χ0) is 18.7. The number of nitrogens with zero attached hydrogens (tertiary/aromatic N) is 2. The number of hydrogen-bond donors (Lipinski definition) is 2. The fourth-order valence-electron chi connectivity index (χ4n) is 3.14. The Kier molecular flexibility index (Phi) is 4.30. The number of ether oxygens (including phenoxy) is 1. The van der Waals surface area contributed by atoms with E-state index >= 15 is 0 Å². The number of carboxylic acids is 1. The van der Waals surface area contributed by atoms with Crippen LogP contribution >= 0.6 is 0 Å². The Balaban J connectivity index is 1.75. The number of carboxylic acid groups (broad SMARTS) is 1. The molecule has 1 aromatic heterocycles. The van der Waals surface area contributed by atoms with E-state index in [1.807, 2.05) is 78.9 Å². The number of benzene rings is 2. The molecule has 0 saturated heterocycles. The van der Waals surface area contributed by atoms with E-state index in [1.54, 1.807) is 0 Å². The van der Waals surface area contributed by atoms with Crippen LogP contribution in [-0.2, 0) is 5.60 Å². The summed E-state index contributed by atoms with van der Waals surface area (Å²) in [6, 6.07) is 19.2. The summed E-state index contributed by atoms with van der Waals surface area (Å²) in [6.45, 7) is 0. The maximum atomic E-state index is 11.6. The molecule has 0 saturated carbocycles. The highest BCUT2D eigenvalue weighted by Crippen LogP contribution is 2.38. The molecule has 134 valence electrons. The van der Waals surface area contributed by atoms with Gasteiger partial charge in [0.05, 0.1) is 0 Å². The summed E-state index contributed by atoms with van der Waals surface area (Å²) in [4.78, 5) is 11.6.